The topological polar surface area (TPSA) is 60.4 Å². The minimum atomic E-state index is -0.273. The Morgan fingerprint density at radius 1 is 1.05 bits per heavy atom. The molecule has 4 heteroatoms. The highest BCUT2D eigenvalue weighted by Gasteiger charge is 2.43. The maximum atomic E-state index is 12.1. The Kier molecular flexibility index (Phi) is 3.30. The van der Waals surface area contributed by atoms with Crippen molar-refractivity contribution < 1.29 is 18.4 Å². The summed E-state index contributed by atoms with van der Waals surface area (Å²) < 4.78 is 10.9. The van der Waals surface area contributed by atoms with Gasteiger partial charge in [0.15, 0.2) is 0 Å². The van der Waals surface area contributed by atoms with E-state index in [9.17, 15) is 9.59 Å². The fourth-order valence-corrected chi connectivity index (χ4v) is 3.23. The predicted octanol–water partition coefficient (Wildman–Crippen LogP) is 3.31. The van der Waals surface area contributed by atoms with Crippen LogP contribution >= 0.6 is 0 Å². The van der Waals surface area contributed by atoms with Crippen LogP contribution in [0.5, 0.6) is 0 Å². The lowest BCUT2D eigenvalue weighted by atomic mass is 9.68. The summed E-state index contributed by atoms with van der Waals surface area (Å²) in [6.45, 7) is 1.58. The first-order chi connectivity index (χ1) is 9.66. The summed E-state index contributed by atoms with van der Waals surface area (Å²) in [4.78, 5) is 24.2. The maximum Gasteiger partial charge on any atom is 0.134 e. The van der Waals surface area contributed by atoms with Crippen LogP contribution in [0.1, 0.15) is 43.1 Å². The van der Waals surface area contributed by atoms with Gasteiger partial charge >= 0.3 is 0 Å². The first-order valence-corrected chi connectivity index (χ1v) is 6.75. The zero-order chi connectivity index (χ0) is 14.1. The highest BCUT2D eigenvalue weighted by molar-refractivity contribution is 5.87. The number of ketones is 2. The molecule has 0 amide bonds. The molecule has 1 fully saturated rings. The van der Waals surface area contributed by atoms with Crippen LogP contribution in [0, 0.1) is 5.92 Å². The molecule has 20 heavy (non-hydrogen) atoms. The number of carbonyl (C=O) groups is 2. The summed E-state index contributed by atoms with van der Waals surface area (Å²) in [7, 11) is 0. The zero-order valence-electron chi connectivity index (χ0n) is 11.2. The highest BCUT2D eigenvalue weighted by Crippen LogP contribution is 2.45. The van der Waals surface area contributed by atoms with Crippen molar-refractivity contribution in [1.29, 1.82) is 0 Å². The maximum absolute atomic E-state index is 12.1. The van der Waals surface area contributed by atoms with Gasteiger partial charge in [-0.15, -0.1) is 0 Å². The van der Waals surface area contributed by atoms with E-state index in [-0.39, 0.29) is 29.3 Å². The van der Waals surface area contributed by atoms with Gasteiger partial charge in [-0.05, 0) is 31.2 Å². The quantitative estimate of drug-likeness (QED) is 0.860. The molecule has 0 aromatic carbocycles. The standard InChI is InChI=1S/C16H16O4/c1-10(17)16-12(14-4-2-6-19-14)8-11(18)9-13(16)15-5-3-7-20-15/h2-7,12-13,16H,8-9H2,1H3/t12-,13-/m0/s1. The third-order valence-electron chi connectivity index (χ3n) is 4.05. The molecular weight excluding hydrogens is 256 g/mol. The van der Waals surface area contributed by atoms with E-state index in [4.69, 9.17) is 8.83 Å². The van der Waals surface area contributed by atoms with Crippen molar-refractivity contribution in [1.82, 2.24) is 0 Å². The first kappa shape index (κ1) is 12.9. The van der Waals surface area contributed by atoms with Crippen LogP contribution in [0.2, 0.25) is 0 Å². The Morgan fingerprint density at radius 2 is 1.55 bits per heavy atom. The minimum Gasteiger partial charge on any atom is -0.469 e. The molecule has 0 unspecified atom stereocenters. The Balaban J connectivity index is 2.01. The van der Waals surface area contributed by atoms with Gasteiger partial charge in [0.05, 0.1) is 12.5 Å². The molecule has 2 heterocycles. The van der Waals surface area contributed by atoms with Crippen LogP contribution in [0.3, 0.4) is 0 Å². The number of hydrogen-bond acceptors (Lipinski definition) is 4. The monoisotopic (exact) mass is 272 g/mol. The van der Waals surface area contributed by atoms with Crippen molar-refractivity contribution >= 4 is 11.6 Å². The molecule has 4 nitrogen and oxygen atoms in total. The van der Waals surface area contributed by atoms with Gasteiger partial charge in [-0.1, -0.05) is 0 Å². The minimum absolute atomic E-state index is 0.0697. The molecule has 1 aliphatic carbocycles. The Labute approximate surface area is 116 Å². The third kappa shape index (κ3) is 2.22. The summed E-state index contributed by atoms with van der Waals surface area (Å²) in [6.07, 6.45) is 3.87. The average molecular weight is 272 g/mol. The molecule has 0 radical (unpaired) electrons. The van der Waals surface area contributed by atoms with E-state index >= 15 is 0 Å². The van der Waals surface area contributed by atoms with Gasteiger partial charge in [0.25, 0.3) is 0 Å². The number of Topliss-reactive ketones (excluding diaryl/α,β-unsaturated/α-hetero) is 2. The lowest BCUT2D eigenvalue weighted by Crippen LogP contribution is -2.34. The molecule has 2 aromatic rings. The smallest absolute Gasteiger partial charge is 0.134 e. The summed E-state index contributed by atoms with van der Waals surface area (Å²) in [6, 6.07) is 7.23. The summed E-state index contributed by atoms with van der Waals surface area (Å²) in [5, 5.41) is 0. The molecule has 0 bridgehead atoms. The molecule has 0 N–H and O–H groups in total. The highest BCUT2D eigenvalue weighted by atomic mass is 16.3. The van der Waals surface area contributed by atoms with Crippen LogP contribution in [-0.2, 0) is 9.59 Å². The van der Waals surface area contributed by atoms with Crippen molar-refractivity contribution in [3.8, 4) is 0 Å². The number of hydrogen-bond donors (Lipinski definition) is 0. The van der Waals surface area contributed by atoms with Gasteiger partial charge in [0.1, 0.15) is 23.1 Å². The molecule has 104 valence electrons. The summed E-state index contributed by atoms with van der Waals surface area (Å²) >= 11 is 0. The second-order valence-corrected chi connectivity index (χ2v) is 5.33. The molecule has 0 saturated heterocycles. The number of rotatable bonds is 3. The molecule has 0 spiro atoms. The normalized spacial score (nSPS) is 23.9. The average Bonchev–Trinajstić information content (AvgIpc) is 3.11. The SMILES string of the molecule is CC(=O)C1[C@H](c2ccco2)CC(=O)C[C@H]1c1ccco1. The Morgan fingerprint density at radius 3 is 1.90 bits per heavy atom. The van der Waals surface area contributed by atoms with E-state index in [0.29, 0.717) is 24.4 Å². The molecule has 1 saturated carbocycles. The van der Waals surface area contributed by atoms with Gasteiger partial charge in [0.2, 0.25) is 0 Å². The molecular formula is C16H16O4. The van der Waals surface area contributed by atoms with Crippen molar-refractivity contribution in [3.63, 3.8) is 0 Å². The van der Waals surface area contributed by atoms with E-state index in [0.717, 1.165) is 0 Å². The fraction of sp³-hybridized carbons (Fsp3) is 0.375. The van der Waals surface area contributed by atoms with Gasteiger partial charge in [-0.2, -0.15) is 0 Å². The second kappa shape index (κ2) is 5.12. The van der Waals surface area contributed by atoms with Crippen LogP contribution in [0.15, 0.2) is 45.6 Å². The molecule has 3 rings (SSSR count). The van der Waals surface area contributed by atoms with Crippen molar-refractivity contribution in [3.05, 3.63) is 48.3 Å². The van der Waals surface area contributed by atoms with E-state index in [1.807, 2.05) is 12.1 Å². The lowest BCUT2D eigenvalue weighted by Gasteiger charge is -2.33. The van der Waals surface area contributed by atoms with Crippen LogP contribution < -0.4 is 0 Å². The van der Waals surface area contributed by atoms with Crippen LogP contribution in [0.4, 0.5) is 0 Å². The molecule has 0 aliphatic heterocycles. The summed E-state index contributed by atoms with van der Waals surface area (Å²) in [5.74, 6) is 0.956. The molecule has 1 aliphatic rings. The molecule has 2 aromatic heterocycles. The van der Waals surface area contributed by atoms with E-state index in [1.165, 1.54) is 0 Å². The van der Waals surface area contributed by atoms with Gasteiger partial charge in [-0.3, -0.25) is 9.59 Å². The van der Waals surface area contributed by atoms with E-state index < -0.39 is 0 Å². The lowest BCUT2D eigenvalue weighted by molar-refractivity contribution is -0.128. The summed E-state index contributed by atoms with van der Waals surface area (Å²) in [5.41, 5.74) is 0. The third-order valence-corrected chi connectivity index (χ3v) is 4.05. The predicted molar refractivity (Wildman–Crippen MR) is 71.3 cm³/mol. The number of carbonyl (C=O) groups excluding carboxylic acids is 2. The van der Waals surface area contributed by atoms with Crippen LogP contribution in [-0.4, -0.2) is 11.6 Å². The van der Waals surface area contributed by atoms with Gasteiger partial charge in [-0.25, -0.2) is 0 Å². The Bertz CT molecular complexity index is 548. The van der Waals surface area contributed by atoms with Crippen molar-refractivity contribution in [2.24, 2.45) is 5.92 Å². The zero-order valence-corrected chi connectivity index (χ0v) is 11.2. The van der Waals surface area contributed by atoms with Crippen LogP contribution in [0.25, 0.3) is 0 Å². The number of furan rings is 2. The van der Waals surface area contributed by atoms with Crippen molar-refractivity contribution in [2.75, 3.05) is 0 Å². The van der Waals surface area contributed by atoms with Gasteiger partial charge in [0, 0.05) is 30.6 Å². The second-order valence-electron chi connectivity index (χ2n) is 5.33. The van der Waals surface area contributed by atoms with E-state index in [1.54, 1.807) is 31.6 Å². The van der Waals surface area contributed by atoms with E-state index in [2.05, 4.69) is 0 Å². The first-order valence-electron chi connectivity index (χ1n) is 6.75. The largest absolute Gasteiger partial charge is 0.469 e. The molecule has 2 atom stereocenters. The van der Waals surface area contributed by atoms with Gasteiger partial charge < -0.3 is 8.83 Å². The Hall–Kier alpha value is -2.10. The fourth-order valence-electron chi connectivity index (χ4n) is 3.23. The van der Waals surface area contributed by atoms with Crippen molar-refractivity contribution in [2.45, 2.75) is 31.6 Å².